The molecule has 0 saturated heterocycles. The van der Waals surface area contributed by atoms with Crippen molar-refractivity contribution >= 4 is 15.5 Å². The van der Waals surface area contributed by atoms with Crippen molar-refractivity contribution in [3.63, 3.8) is 0 Å². The number of alkyl halides is 2. The monoisotopic (exact) mass is 297 g/mol. The molecule has 1 aromatic carbocycles. The summed E-state index contributed by atoms with van der Waals surface area (Å²) < 4.78 is 63.3. The van der Waals surface area contributed by atoms with Crippen LogP contribution < -0.4 is 10.1 Å². The van der Waals surface area contributed by atoms with Crippen molar-refractivity contribution in [2.45, 2.75) is 19.6 Å². The highest BCUT2D eigenvalue weighted by atomic mass is 32.2. The van der Waals surface area contributed by atoms with Crippen molar-refractivity contribution in [3.05, 3.63) is 24.0 Å². The smallest absolute Gasteiger partial charge is 0.387 e. The SMILES string of the molecule is CC(CS(C)(=O)=O)Nc1ccc(OC(F)F)c(F)c1. The zero-order valence-corrected chi connectivity index (χ0v) is 11.2. The van der Waals surface area contributed by atoms with Gasteiger partial charge >= 0.3 is 6.61 Å². The van der Waals surface area contributed by atoms with Crippen LogP contribution in [0.25, 0.3) is 0 Å². The summed E-state index contributed by atoms with van der Waals surface area (Å²) in [4.78, 5) is 0. The first kappa shape index (κ1) is 15.6. The molecule has 1 N–H and O–H groups in total. The molecule has 1 unspecified atom stereocenters. The van der Waals surface area contributed by atoms with Gasteiger partial charge in [-0.3, -0.25) is 0 Å². The lowest BCUT2D eigenvalue weighted by Gasteiger charge is -2.15. The van der Waals surface area contributed by atoms with Crippen LogP contribution in [0.15, 0.2) is 18.2 Å². The lowest BCUT2D eigenvalue weighted by Crippen LogP contribution is -2.25. The molecule has 1 aromatic rings. The van der Waals surface area contributed by atoms with Crippen LogP contribution in [0, 0.1) is 5.82 Å². The van der Waals surface area contributed by atoms with Crippen LogP contribution in [0.1, 0.15) is 6.92 Å². The van der Waals surface area contributed by atoms with E-state index in [1.54, 1.807) is 6.92 Å². The Balaban J connectivity index is 2.73. The second-order valence-corrected chi connectivity index (χ2v) is 6.35. The molecule has 4 nitrogen and oxygen atoms in total. The average Bonchev–Trinajstić information content (AvgIpc) is 2.18. The topological polar surface area (TPSA) is 55.4 Å². The van der Waals surface area contributed by atoms with Gasteiger partial charge < -0.3 is 10.1 Å². The van der Waals surface area contributed by atoms with Crippen LogP contribution in [0.2, 0.25) is 0 Å². The zero-order chi connectivity index (χ0) is 14.6. The van der Waals surface area contributed by atoms with Gasteiger partial charge in [0.2, 0.25) is 0 Å². The highest BCUT2D eigenvalue weighted by Gasteiger charge is 2.13. The van der Waals surface area contributed by atoms with Gasteiger partial charge in [0.15, 0.2) is 11.6 Å². The minimum Gasteiger partial charge on any atom is -0.432 e. The number of hydrogen-bond donors (Lipinski definition) is 1. The molecular weight excluding hydrogens is 283 g/mol. The minimum absolute atomic E-state index is 0.121. The standard InChI is InChI=1S/C11H14F3NO3S/c1-7(6-19(2,16)17)15-8-3-4-10(9(12)5-8)18-11(13)14/h3-5,7,11,15H,6H2,1-2H3. The quantitative estimate of drug-likeness (QED) is 0.875. The molecule has 19 heavy (non-hydrogen) atoms. The van der Waals surface area contributed by atoms with Gasteiger partial charge in [0.1, 0.15) is 9.84 Å². The summed E-state index contributed by atoms with van der Waals surface area (Å²) >= 11 is 0. The number of halogens is 3. The Morgan fingerprint density at radius 3 is 2.47 bits per heavy atom. The normalized spacial score (nSPS) is 13.4. The number of benzene rings is 1. The molecule has 0 aliphatic rings. The summed E-state index contributed by atoms with van der Waals surface area (Å²) in [6.07, 6.45) is 1.09. The molecule has 0 aromatic heterocycles. The van der Waals surface area contributed by atoms with E-state index in [9.17, 15) is 21.6 Å². The Bertz CT molecular complexity index is 534. The maximum Gasteiger partial charge on any atom is 0.387 e. The maximum atomic E-state index is 13.4. The van der Waals surface area contributed by atoms with Crippen LogP contribution in [0.3, 0.4) is 0 Å². The molecule has 0 saturated carbocycles. The van der Waals surface area contributed by atoms with Crippen molar-refractivity contribution < 1.29 is 26.3 Å². The second kappa shape index (κ2) is 6.14. The summed E-state index contributed by atoms with van der Waals surface area (Å²) in [6, 6.07) is 2.92. The number of hydrogen-bond acceptors (Lipinski definition) is 4. The third-order valence-electron chi connectivity index (χ3n) is 2.11. The van der Waals surface area contributed by atoms with Gasteiger partial charge in [0.25, 0.3) is 0 Å². The van der Waals surface area contributed by atoms with Crippen molar-refractivity contribution in [1.29, 1.82) is 0 Å². The fourth-order valence-corrected chi connectivity index (χ4v) is 2.55. The highest BCUT2D eigenvalue weighted by molar-refractivity contribution is 7.90. The van der Waals surface area contributed by atoms with Gasteiger partial charge in [-0.1, -0.05) is 0 Å². The second-order valence-electron chi connectivity index (χ2n) is 4.16. The summed E-state index contributed by atoms with van der Waals surface area (Å²) in [6.45, 7) is -1.49. The lowest BCUT2D eigenvalue weighted by atomic mass is 10.2. The summed E-state index contributed by atoms with van der Waals surface area (Å²) in [5.41, 5.74) is 0.287. The first-order valence-electron chi connectivity index (χ1n) is 5.36. The van der Waals surface area contributed by atoms with E-state index >= 15 is 0 Å². The van der Waals surface area contributed by atoms with E-state index in [1.165, 1.54) is 6.07 Å². The van der Waals surface area contributed by atoms with E-state index < -0.39 is 34.1 Å². The van der Waals surface area contributed by atoms with Crippen LogP contribution in [-0.2, 0) is 9.84 Å². The van der Waals surface area contributed by atoms with E-state index in [4.69, 9.17) is 0 Å². The van der Waals surface area contributed by atoms with Crippen LogP contribution in [-0.4, -0.2) is 33.1 Å². The highest BCUT2D eigenvalue weighted by Crippen LogP contribution is 2.23. The molecule has 1 rings (SSSR count). The van der Waals surface area contributed by atoms with E-state index in [0.29, 0.717) is 0 Å². The number of rotatable bonds is 6. The van der Waals surface area contributed by atoms with Crippen molar-refractivity contribution in [3.8, 4) is 5.75 Å². The summed E-state index contributed by atoms with van der Waals surface area (Å²) in [5.74, 6) is -1.63. The largest absolute Gasteiger partial charge is 0.432 e. The third kappa shape index (κ3) is 5.82. The first-order chi connectivity index (χ1) is 8.67. The fraction of sp³-hybridized carbons (Fsp3) is 0.455. The van der Waals surface area contributed by atoms with Crippen molar-refractivity contribution in [1.82, 2.24) is 0 Å². The predicted octanol–water partition coefficient (Wildman–Crippen LogP) is 2.27. The molecule has 0 fully saturated rings. The van der Waals surface area contributed by atoms with Crippen molar-refractivity contribution in [2.24, 2.45) is 0 Å². The number of sulfone groups is 1. The third-order valence-corrected chi connectivity index (χ3v) is 3.22. The average molecular weight is 297 g/mol. The van der Waals surface area contributed by atoms with E-state index in [1.807, 2.05) is 0 Å². The van der Waals surface area contributed by atoms with E-state index in [-0.39, 0.29) is 11.4 Å². The number of anilines is 1. The number of ether oxygens (including phenoxy) is 1. The van der Waals surface area contributed by atoms with Gasteiger partial charge in [-0.15, -0.1) is 0 Å². The maximum absolute atomic E-state index is 13.4. The Labute approximate surface area is 109 Å². The molecule has 0 aliphatic carbocycles. The van der Waals surface area contributed by atoms with Gasteiger partial charge in [0, 0.05) is 24.1 Å². The fourth-order valence-electron chi connectivity index (χ4n) is 1.56. The first-order valence-corrected chi connectivity index (χ1v) is 7.42. The molecule has 0 bridgehead atoms. The Morgan fingerprint density at radius 2 is 2.00 bits per heavy atom. The predicted molar refractivity (Wildman–Crippen MR) is 65.8 cm³/mol. The molecule has 0 amide bonds. The van der Waals surface area contributed by atoms with Crippen molar-refractivity contribution in [2.75, 3.05) is 17.3 Å². The molecular formula is C11H14F3NO3S. The van der Waals surface area contributed by atoms with Gasteiger partial charge in [-0.25, -0.2) is 12.8 Å². The van der Waals surface area contributed by atoms with Gasteiger partial charge in [-0.05, 0) is 19.1 Å². The van der Waals surface area contributed by atoms with E-state index in [0.717, 1.165) is 18.4 Å². The van der Waals surface area contributed by atoms with Crippen LogP contribution in [0.5, 0.6) is 5.75 Å². The summed E-state index contributed by atoms with van der Waals surface area (Å²) in [5, 5.41) is 2.76. The van der Waals surface area contributed by atoms with Gasteiger partial charge in [0.05, 0.1) is 5.75 Å². The molecule has 8 heteroatoms. The molecule has 1 atom stereocenters. The molecule has 0 heterocycles. The molecule has 0 spiro atoms. The minimum atomic E-state index is -3.16. The molecule has 0 aliphatic heterocycles. The molecule has 108 valence electrons. The number of nitrogens with one attached hydrogen (secondary N) is 1. The summed E-state index contributed by atoms with van der Waals surface area (Å²) in [7, 11) is -3.16. The Morgan fingerprint density at radius 1 is 1.37 bits per heavy atom. The van der Waals surface area contributed by atoms with Gasteiger partial charge in [-0.2, -0.15) is 8.78 Å². The Hall–Kier alpha value is -1.44. The Kier molecular flexibility index (Phi) is 5.04. The van der Waals surface area contributed by atoms with Crippen LogP contribution in [0.4, 0.5) is 18.9 Å². The lowest BCUT2D eigenvalue weighted by molar-refractivity contribution is -0.0521. The molecule has 0 radical (unpaired) electrons. The zero-order valence-electron chi connectivity index (χ0n) is 10.4. The van der Waals surface area contributed by atoms with Crippen LogP contribution >= 0.6 is 0 Å². The van der Waals surface area contributed by atoms with E-state index in [2.05, 4.69) is 10.1 Å².